The van der Waals surface area contributed by atoms with E-state index >= 15 is 0 Å². The van der Waals surface area contributed by atoms with Crippen molar-refractivity contribution in [2.75, 3.05) is 0 Å². The molecule has 1 aliphatic rings. The van der Waals surface area contributed by atoms with Crippen LogP contribution in [0.4, 0.5) is 13.2 Å². The molecule has 5 heteroatoms. The fourth-order valence-corrected chi connectivity index (χ4v) is 2.97. The van der Waals surface area contributed by atoms with Crippen molar-refractivity contribution in [3.63, 3.8) is 0 Å². The highest BCUT2D eigenvalue weighted by Gasteiger charge is 2.30. The van der Waals surface area contributed by atoms with E-state index in [9.17, 15) is 18.0 Å². The Balaban J connectivity index is 1.98. The molecule has 23 heavy (non-hydrogen) atoms. The minimum absolute atomic E-state index is 0.0765. The highest BCUT2D eigenvalue weighted by molar-refractivity contribution is 5.87. The van der Waals surface area contributed by atoms with Crippen LogP contribution in [0.25, 0.3) is 6.08 Å². The fraction of sp³-hybridized carbons (Fsp3) is 0.500. The summed E-state index contributed by atoms with van der Waals surface area (Å²) in [6, 6.07) is 4.86. The van der Waals surface area contributed by atoms with Gasteiger partial charge in [-0.2, -0.15) is 13.2 Å². The minimum Gasteiger partial charge on any atom is -0.459 e. The van der Waals surface area contributed by atoms with Gasteiger partial charge in [-0.1, -0.05) is 25.5 Å². The number of benzene rings is 1. The number of carbonyl (C=O) groups excluding carboxylic acids is 1. The molecule has 2 rings (SSSR count). The number of alkyl halides is 3. The Kier molecular flexibility index (Phi) is 5.85. The molecule has 2 unspecified atom stereocenters. The molecule has 1 saturated carbocycles. The molecule has 2 nitrogen and oxygen atoms in total. The van der Waals surface area contributed by atoms with Crippen molar-refractivity contribution < 1.29 is 22.7 Å². The summed E-state index contributed by atoms with van der Waals surface area (Å²) >= 11 is 0. The maximum absolute atomic E-state index is 12.6. The number of ether oxygens (including phenoxy) is 1. The van der Waals surface area contributed by atoms with Crippen molar-refractivity contribution in [1.82, 2.24) is 0 Å². The summed E-state index contributed by atoms with van der Waals surface area (Å²) in [5.74, 6) is -0.109. The Labute approximate surface area is 134 Å². The number of rotatable bonds is 4. The van der Waals surface area contributed by atoms with Crippen LogP contribution in [0, 0.1) is 5.92 Å². The number of hydrogen-bond donors (Lipinski definition) is 0. The molecule has 0 aliphatic heterocycles. The molecular formula is C18H21F3O2. The summed E-state index contributed by atoms with van der Waals surface area (Å²) in [4.78, 5) is 11.9. The van der Waals surface area contributed by atoms with E-state index in [0.717, 1.165) is 44.2 Å². The van der Waals surface area contributed by atoms with Crippen LogP contribution >= 0.6 is 0 Å². The van der Waals surface area contributed by atoms with Crippen LogP contribution in [0.2, 0.25) is 0 Å². The van der Waals surface area contributed by atoms with Gasteiger partial charge in [0.15, 0.2) is 0 Å². The van der Waals surface area contributed by atoms with Crippen LogP contribution in [-0.4, -0.2) is 12.1 Å². The van der Waals surface area contributed by atoms with E-state index in [1.165, 1.54) is 24.3 Å². The average molecular weight is 326 g/mol. The third kappa shape index (κ3) is 5.12. The van der Waals surface area contributed by atoms with Crippen LogP contribution in [0.3, 0.4) is 0 Å². The number of esters is 1. The molecule has 0 heterocycles. The Morgan fingerprint density at radius 1 is 1.30 bits per heavy atom. The minimum atomic E-state index is -4.39. The lowest BCUT2D eigenvalue weighted by Crippen LogP contribution is -2.29. The Morgan fingerprint density at radius 3 is 2.74 bits per heavy atom. The van der Waals surface area contributed by atoms with E-state index in [-0.39, 0.29) is 6.10 Å². The van der Waals surface area contributed by atoms with Gasteiger partial charge in [-0.3, -0.25) is 0 Å². The van der Waals surface area contributed by atoms with Gasteiger partial charge in [-0.25, -0.2) is 4.79 Å². The SMILES string of the molecule is CCC1CCCCC1OC(=O)/C=C/c1cccc(C(F)(F)F)c1. The summed E-state index contributed by atoms with van der Waals surface area (Å²) in [5.41, 5.74) is -0.404. The van der Waals surface area contributed by atoms with Gasteiger partial charge in [0.2, 0.25) is 0 Å². The topological polar surface area (TPSA) is 26.3 Å². The molecule has 0 amide bonds. The van der Waals surface area contributed by atoms with E-state index in [0.29, 0.717) is 11.5 Å². The highest BCUT2D eigenvalue weighted by atomic mass is 19.4. The zero-order valence-corrected chi connectivity index (χ0v) is 13.1. The zero-order valence-electron chi connectivity index (χ0n) is 13.1. The largest absolute Gasteiger partial charge is 0.459 e. The predicted molar refractivity (Wildman–Crippen MR) is 82.6 cm³/mol. The summed E-state index contributed by atoms with van der Waals surface area (Å²) in [6.07, 6.45) is 3.20. The molecule has 1 aromatic rings. The zero-order chi connectivity index (χ0) is 16.9. The van der Waals surface area contributed by atoms with Gasteiger partial charge in [0.05, 0.1) is 5.56 Å². The van der Waals surface area contributed by atoms with Crippen molar-refractivity contribution in [1.29, 1.82) is 0 Å². The second-order valence-electron chi connectivity index (χ2n) is 5.88. The number of hydrogen-bond acceptors (Lipinski definition) is 2. The number of carbonyl (C=O) groups is 1. The van der Waals surface area contributed by atoms with E-state index in [4.69, 9.17) is 4.74 Å². The molecule has 0 radical (unpaired) electrons. The van der Waals surface area contributed by atoms with Crippen molar-refractivity contribution in [2.45, 2.75) is 51.3 Å². The summed E-state index contributed by atoms with van der Waals surface area (Å²) in [6.45, 7) is 2.08. The summed E-state index contributed by atoms with van der Waals surface area (Å²) < 4.78 is 43.4. The molecule has 1 aliphatic carbocycles. The van der Waals surface area contributed by atoms with Gasteiger partial charge in [0.1, 0.15) is 6.10 Å². The van der Waals surface area contributed by atoms with Crippen LogP contribution in [-0.2, 0) is 15.7 Å². The van der Waals surface area contributed by atoms with E-state index in [1.807, 2.05) is 0 Å². The predicted octanol–water partition coefficient (Wildman–Crippen LogP) is 5.23. The van der Waals surface area contributed by atoms with E-state index in [1.54, 1.807) is 0 Å². The molecule has 1 aromatic carbocycles. The van der Waals surface area contributed by atoms with Crippen molar-refractivity contribution in [3.05, 3.63) is 41.5 Å². The van der Waals surface area contributed by atoms with E-state index in [2.05, 4.69) is 6.92 Å². The highest BCUT2D eigenvalue weighted by Crippen LogP contribution is 2.30. The third-order valence-electron chi connectivity index (χ3n) is 4.26. The Bertz CT molecular complexity index is 564. The first-order valence-electron chi connectivity index (χ1n) is 7.96. The van der Waals surface area contributed by atoms with Crippen LogP contribution in [0.1, 0.15) is 50.2 Å². The second-order valence-corrected chi connectivity index (χ2v) is 5.88. The van der Waals surface area contributed by atoms with Gasteiger partial charge >= 0.3 is 12.1 Å². The summed E-state index contributed by atoms with van der Waals surface area (Å²) in [7, 11) is 0. The first kappa shape index (κ1) is 17.6. The Hall–Kier alpha value is -1.78. The fourth-order valence-electron chi connectivity index (χ4n) is 2.97. The molecule has 0 spiro atoms. The molecule has 126 valence electrons. The lowest BCUT2D eigenvalue weighted by Gasteiger charge is -2.29. The first-order valence-corrected chi connectivity index (χ1v) is 7.96. The second kappa shape index (κ2) is 7.66. The van der Waals surface area contributed by atoms with Crippen molar-refractivity contribution in [3.8, 4) is 0 Å². The van der Waals surface area contributed by atoms with E-state index < -0.39 is 17.7 Å². The van der Waals surface area contributed by atoms with Gasteiger partial charge in [-0.15, -0.1) is 0 Å². The molecule has 0 N–H and O–H groups in total. The number of halogens is 3. The first-order chi connectivity index (χ1) is 10.9. The van der Waals surface area contributed by atoms with Gasteiger partial charge < -0.3 is 4.74 Å². The van der Waals surface area contributed by atoms with Crippen molar-refractivity contribution in [2.24, 2.45) is 5.92 Å². The molecule has 2 atom stereocenters. The molecule has 1 fully saturated rings. The monoisotopic (exact) mass is 326 g/mol. The quantitative estimate of drug-likeness (QED) is 0.559. The van der Waals surface area contributed by atoms with Crippen LogP contribution in [0.15, 0.2) is 30.3 Å². The molecule has 0 aromatic heterocycles. The third-order valence-corrected chi connectivity index (χ3v) is 4.26. The van der Waals surface area contributed by atoms with Gasteiger partial charge in [0.25, 0.3) is 0 Å². The molecular weight excluding hydrogens is 305 g/mol. The molecule has 0 bridgehead atoms. The summed E-state index contributed by atoms with van der Waals surface area (Å²) in [5, 5.41) is 0. The Morgan fingerprint density at radius 2 is 2.04 bits per heavy atom. The lowest BCUT2D eigenvalue weighted by molar-refractivity contribution is -0.147. The van der Waals surface area contributed by atoms with Crippen LogP contribution in [0.5, 0.6) is 0 Å². The van der Waals surface area contributed by atoms with Gasteiger partial charge in [0, 0.05) is 6.08 Å². The van der Waals surface area contributed by atoms with Gasteiger partial charge in [-0.05, 0) is 55.4 Å². The molecule has 0 saturated heterocycles. The standard InChI is InChI=1S/C18H21F3O2/c1-2-14-7-3-4-9-16(14)23-17(22)11-10-13-6-5-8-15(12-13)18(19,20)21/h5-6,8,10-12,14,16H,2-4,7,9H2,1H3/b11-10+. The maximum atomic E-state index is 12.6. The normalized spacial score (nSPS) is 22.3. The average Bonchev–Trinajstić information content (AvgIpc) is 2.53. The maximum Gasteiger partial charge on any atom is 0.416 e. The lowest BCUT2D eigenvalue weighted by atomic mass is 9.85. The van der Waals surface area contributed by atoms with Crippen LogP contribution < -0.4 is 0 Å². The van der Waals surface area contributed by atoms with Crippen molar-refractivity contribution >= 4 is 12.0 Å². The smallest absolute Gasteiger partial charge is 0.416 e.